The van der Waals surface area contributed by atoms with Gasteiger partial charge in [-0.1, -0.05) is 12.1 Å². The number of carbonyl (C=O) groups excluding carboxylic acids is 1. The molecule has 1 amide bonds. The monoisotopic (exact) mass is 402 g/mol. The highest BCUT2D eigenvalue weighted by Gasteiger charge is 2.36. The zero-order valence-corrected chi connectivity index (χ0v) is 15.7. The number of aryl methyl sites for hydroxylation is 2. The predicted octanol–water partition coefficient (Wildman–Crippen LogP) is 3.40. The number of hydrogen-bond donors (Lipinski definition) is 1. The van der Waals surface area contributed by atoms with Crippen LogP contribution in [0.15, 0.2) is 24.3 Å². The maximum Gasteiger partial charge on any atom is 0.453 e. The molecule has 7 nitrogen and oxygen atoms in total. The number of nitriles is 1. The molecule has 0 aliphatic rings. The Labute approximate surface area is 164 Å². The quantitative estimate of drug-likeness (QED) is 0.706. The maximum atomic E-state index is 12.9. The van der Waals surface area contributed by atoms with E-state index in [1.54, 1.807) is 38.1 Å². The molecule has 3 rings (SSSR count). The highest BCUT2D eigenvalue weighted by molar-refractivity contribution is 5.90. The molecule has 0 bridgehead atoms. The number of fused-ring (bicyclic) bond motifs is 1. The van der Waals surface area contributed by atoms with Crippen LogP contribution in [0, 0.1) is 25.2 Å². The zero-order chi connectivity index (χ0) is 21.2. The van der Waals surface area contributed by atoms with Crippen LogP contribution in [0.25, 0.3) is 5.78 Å². The summed E-state index contributed by atoms with van der Waals surface area (Å²) in [5.41, 5.74) is 3.07. The second-order valence-electron chi connectivity index (χ2n) is 6.49. The predicted molar refractivity (Wildman–Crippen MR) is 98.0 cm³/mol. The largest absolute Gasteiger partial charge is 0.453 e. The number of amides is 1. The van der Waals surface area contributed by atoms with Gasteiger partial charge in [-0.25, -0.2) is 9.50 Å². The van der Waals surface area contributed by atoms with E-state index in [1.807, 2.05) is 6.07 Å². The first-order valence-electron chi connectivity index (χ1n) is 8.75. The van der Waals surface area contributed by atoms with Gasteiger partial charge in [0.25, 0.3) is 11.6 Å². The number of benzene rings is 1. The summed E-state index contributed by atoms with van der Waals surface area (Å²) in [6.07, 6.45) is -3.95. The first kappa shape index (κ1) is 20.3. The molecular formula is C19H17F3N6O. The number of alkyl halides is 3. The number of anilines is 1. The molecule has 2 aromatic heterocycles. The lowest BCUT2D eigenvalue weighted by atomic mass is 10.1. The molecule has 0 spiro atoms. The maximum absolute atomic E-state index is 12.9. The Morgan fingerprint density at radius 3 is 2.52 bits per heavy atom. The number of nitrogens with one attached hydrogen (secondary N) is 1. The summed E-state index contributed by atoms with van der Waals surface area (Å²) in [5, 5.41) is 14.9. The molecule has 0 unspecified atom stereocenters. The number of rotatable bonds is 5. The number of nitrogens with zero attached hydrogens (tertiary/aromatic N) is 5. The van der Waals surface area contributed by atoms with Crippen LogP contribution in [-0.4, -0.2) is 25.5 Å². The summed E-state index contributed by atoms with van der Waals surface area (Å²) in [4.78, 5) is 19.8. The van der Waals surface area contributed by atoms with E-state index in [1.165, 1.54) is 0 Å². The van der Waals surface area contributed by atoms with Crippen molar-refractivity contribution in [2.45, 2.75) is 39.3 Å². The minimum absolute atomic E-state index is 0.121. The van der Waals surface area contributed by atoms with Gasteiger partial charge < -0.3 is 5.32 Å². The second kappa shape index (κ2) is 7.87. The van der Waals surface area contributed by atoms with Crippen molar-refractivity contribution >= 4 is 17.4 Å². The SMILES string of the molecule is Cc1nc2nc(C(F)(F)F)nn2c(C)c1CCC(=O)Nc1ccc(CC#N)cc1. The van der Waals surface area contributed by atoms with E-state index in [0.29, 0.717) is 35.5 Å². The Hall–Kier alpha value is -3.48. The van der Waals surface area contributed by atoms with Gasteiger partial charge in [0.1, 0.15) is 0 Å². The van der Waals surface area contributed by atoms with Crippen molar-refractivity contribution < 1.29 is 18.0 Å². The highest BCUT2D eigenvalue weighted by Crippen LogP contribution is 2.27. The summed E-state index contributed by atoms with van der Waals surface area (Å²) < 4.78 is 39.6. The topological polar surface area (TPSA) is 96.0 Å². The van der Waals surface area contributed by atoms with Gasteiger partial charge >= 0.3 is 6.18 Å². The summed E-state index contributed by atoms with van der Waals surface area (Å²) in [6, 6.07) is 8.99. The van der Waals surface area contributed by atoms with Gasteiger partial charge in [-0.15, -0.1) is 5.10 Å². The smallest absolute Gasteiger partial charge is 0.326 e. The Balaban J connectivity index is 1.72. The van der Waals surface area contributed by atoms with Gasteiger partial charge in [0, 0.05) is 23.5 Å². The first-order chi connectivity index (χ1) is 13.7. The number of halogens is 3. The lowest BCUT2D eigenvalue weighted by molar-refractivity contribution is -0.144. The molecule has 0 aliphatic heterocycles. The van der Waals surface area contributed by atoms with Crippen molar-refractivity contribution in [3.63, 3.8) is 0 Å². The third kappa shape index (κ3) is 4.51. The summed E-state index contributed by atoms with van der Waals surface area (Å²) in [6.45, 7) is 3.29. The summed E-state index contributed by atoms with van der Waals surface area (Å²) in [7, 11) is 0. The van der Waals surface area contributed by atoms with Gasteiger partial charge in [0.05, 0.1) is 12.5 Å². The molecule has 0 fully saturated rings. The van der Waals surface area contributed by atoms with Crippen LogP contribution in [-0.2, 0) is 23.8 Å². The van der Waals surface area contributed by atoms with Crippen LogP contribution in [0.1, 0.15) is 34.8 Å². The molecule has 0 saturated heterocycles. The van der Waals surface area contributed by atoms with Crippen molar-refractivity contribution in [1.82, 2.24) is 19.6 Å². The van der Waals surface area contributed by atoms with Crippen LogP contribution in [0.5, 0.6) is 0 Å². The Kier molecular flexibility index (Phi) is 5.50. The molecule has 1 aromatic carbocycles. The average Bonchev–Trinajstić information content (AvgIpc) is 3.08. The van der Waals surface area contributed by atoms with Gasteiger partial charge in [0.15, 0.2) is 0 Å². The van der Waals surface area contributed by atoms with Crippen LogP contribution in [0.4, 0.5) is 18.9 Å². The average molecular weight is 402 g/mol. The van der Waals surface area contributed by atoms with Gasteiger partial charge in [0.2, 0.25) is 5.91 Å². The lowest BCUT2D eigenvalue weighted by Crippen LogP contribution is -2.14. The van der Waals surface area contributed by atoms with Crippen molar-refractivity contribution in [3.05, 3.63) is 52.6 Å². The first-order valence-corrected chi connectivity index (χ1v) is 8.75. The zero-order valence-electron chi connectivity index (χ0n) is 15.7. The molecule has 0 saturated carbocycles. The summed E-state index contributed by atoms with van der Waals surface area (Å²) >= 11 is 0. The molecule has 0 atom stereocenters. The van der Waals surface area contributed by atoms with Crippen LogP contribution in [0.2, 0.25) is 0 Å². The van der Waals surface area contributed by atoms with Crippen LogP contribution < -0.4 is 5.32 Å². The highest BCUT2D eigenvalue weighted by atomic mass is 19.4. The Bertz CT molecular complexity index is 1100. The number of hydrogen-bond acceptors (Lipinski definition) is 5. The Morgan fingerprint density at radius 2 is 1.90 bits per heavy atom. The standard InChI is InChI=1S/C19H17F3N6O/c1-11-15(12(2)28-18(24-11)26-17(27-28)19(20,21)22)7-8-16(29)25-14-5-3-13(4-6-14)9-10-23/h3-6H,7-9H2,1-2H3,(H,25,29). The fourth-order valence-corrected chi connectivity index (χ4v) is 2.95. The molecule has 0 radical (unpaired) electrons. The Morgan fingerprint density at radius 1 is 1.21 bits per heavy atom. The molecule has 0 aliphatic carbocycles. The minimum atomic E-state index is -4.66. The molecule has 1 N–H and O–H groups in total. The van der Waals surface area contributed by atoms with Crippen molar-refractivity contribution in [2.24, 2.45) is 0 Å². The van der Waals surface area contributed by atoms with Gasteiger partial charge in [-0.05, 0) is 43.5 Å². The van der Waals surface area contributed by atoms with Gasteiger partial charge in [-0.3, -0.25) is 4.79 Å². The van der Waals surface area contributed by atoms with Crippen LogP contribution >= 0.6 is 0 Å². The van der Waals surface area contributed by atoms with E-state index in [9.17, 15) is 18.0 Å². The third-order valence-corrected chi connectivity index (χ3v) is 4.43. The van der Waals surface area contributed by atoms with Crippen molar-refractivity contribution in [3.8, 4) is 6.07 Å². The molecular weight excluding hydrogens is 385 g/mol. The van der Waals surface area contributed by atoms with Crippen molar-refractivity contribution in [1.29, 1.82) is 5.26 Å². The molecule has 29 heavy (non-hydrogen) atoms. The summed E-state index contributed by atoms with van der Waals surface area (Å²) in [5.74, 6) is -1.62. The minimum Gasteiger partial charge on any atom is -0.326 e. The number of carbonyl (C=O) groups is 1. The molecule has 2 heterocycles. The van der Waals surface area contributed by atoms with Gasteiger partial charge in [-0.2, -0.15) is 23.4 Å². The van der Waals surface area contributed by atoms with E-state index < -0.39 is 12.0 Å². The van der Waals surface area contributed by atoms with Crippen molar-refractivity contribution in [2.75, 3.05) is 5.32 Å². The fraction of sp³-hybridized carbons (Fsp3) is 0.316. The fourth-order valence-electron chi connectivity index (χ4n) is 2.95. The van der Waals surface area contributed by atoms with E-state index in [4.69, 9.17) is 5.26 Å². The normalized spacial score (nSPS) is 11.4. The molecule has 10 heteroatoms. The van der Waals surface area contributed by atoms with E-state index in [2.05, 4.69) is 20.4 Å². The number of aromatic nitrogens is 4. The lowest BCUT2D eigenvalue weighted by Gasteiger charge is -2.10. The second-order valence-corrected chi connectivity index (χ2v) is 6.49. The van der Waals surface area contributed by atoms with E-state index in [-0.39, 0.29) is 18.1 Å². The molecule has 150 valence electrons. The third-order valence-electron chi connectivity index (χ3n) is 4.43. The van der Waals surface area contributed by atoms with Crippen LogP contribution in [0.3, 0.4) is 0 Å². The molecule has 3 aromatic rings. The van der Waals surface area contributed by atoms with E-state index >= 15 is 0 Å². The van der Waals surface area contributed by atoms with E-state index in [0.717, 1.165) is 10.1 Å².